The largest absolute Gasteiger partial charge is 0.484 e. The first-order chi connectivity index (χ1) is 8.04. The number of hydrogen-bond donors (Lipinski definition) is 2. The topological polar surface area (TPSA) is 63.4 Å². The lowest BCUT2D eigenvalue weighted by molar-refractivity contribution is 0.245. The fourth-order valence-electron chi connectivity index (χ4n) is 1.27. The molecule has 0 spiro atoms. The van der Waals surface area contributed by atoms with Crippen LogP contribution in [0, 0.1) is 0 Å². The second kappa shape index (κ2) is 6.66. The van der Waals surface area contributed by atoms with Gasteiger partial charge in [-0.15, -0.1) is 0 Å². The number of aromatic nitrogens is 1. The van der Waals surface area contributed by atoms with E-state index in [2.05, 4.69) is 28.6 Å². The number of nitrogens with zero attached hydrogens (tertiary/aromatic N) is 2. The van der Waals surface area contributed by atoms with Gasteiger partial charge in [0.05, 0.1) is 6.10 Å². The minimum absolute atomic E-state index is 0.104. The van der Waals surface area contributed by atoms with Crippen LogP contribution in [0.5, 0.6) is 5.75 Å². The number of rotatable bonds is 7. The van der Waals surface area contributed by atoms with E-state index in [1.165, 1.54) is 11.5 Å². The summed E-state index contributed by atoms with van der Waals surface area (Å²) >= 11 is 1.35. The Hall–Kier alpha value is -1.01. The van der Waals surface area contributed by atoms with Crippen LogP contribution in [0.25, 0.3) is 0 Å². The number of likely N-dealkylation sites (N-methyl/N-ethyl adjacent to an activating group) is 1. The lowest BCUT2D eigenvalue weighted by Gasteiger charge is -2.15. The van der Waals surface area contributed by atoms with E-state index in [0.29, 0.717) is 11.6 Å². The van der Waals surface area contributed by atoms with E-state index in [-0.39, 0.29) is 6.10 Å². The van der Waals surface area contributed by atoms with E-state index < -0.39 is 0 Å². The molecule has 0 saturated heterocycles. The second-order valence-electron chi connectivity index (χ2n) is 4.22. The van der Waals surface area contributed by atoms with Crippen LogP contribution in [0.4, 0.5) is 10.8 Å². The van der Waals surface area contributed by atoms with Crippen LogP contribution in [0.3, 0.4) is 0 Å². The molecule has 17 heavy (non-hydrogen) atoms. The monoisotopic (exact) mass is 258 g/mol. The van der Waals surface area contributed by atoms with E-state index in [1.807, 2.05) is 13.8 Å². The van der Waals surface area contributed by atoms with Crippen LogP contribution in [0.15, 0.2) is 0 Å². The molecule has 5 nitrogen and oxygen atoms in total. The van der Waals surface area contributed by atoms with Gasteiger partial charge in [0.25, 0.3) is 0 Å². The van der Waals surface area contributed by atoms with Crippen LogP contribution in [-0.4, -0.2) is 42.1 Å². The SMILES string of the molecule is CCN(C)CCNc1snc(N)c1OC(C)C. The van der Waals surface area contributed by atoms with Crippen molar-refractivity contribution in [3.63, 3.8) is 0 Å². The number of hydrogen-bond acceptors (Lipinski definition) is 6. The summed E-state index contributed by atoms with van der Waals surface area (Å²) in [4.78, 5) is 2.24. The molecule has 3 N–H and O–H groups in total. The van der Waals surface area contributed by atoms with Gasteiger partial charge in [0.15, 0.2) is 16.6 Å². The number of anilines is 2. The molecule has 6 heteroatoms. The van der Waals surface area contributed by atoms with E-state index >= 15 is 0 Å². The lowest BCUT2D eigenvalue weighted by atomic mass is 10.4. The molecule has 0 atom stereocenters. The third-order valence-corrected chi connectivity index (χ3v) is 3.15. The Morgan fingerprint density at radius 3 is 2.82 bits per heavy atom. The lowest BCUT2D eigenvalue weighted by Crippen LogP contribution is -2.24. The minimum atomic E-state index is 0.104. The number of nitrogens with one attached hydrogen (secondary N) is 1. The number of ether oxygens (including phenoxy) is 1. The molecule has 0 aliphatic heterocycles. The first-order valence-electron chi connectivity index (χ1n) is 5.88. The highest BCUT2D eigenvalue weighted by Gasteiger charge is 2.13. The van der Waals surface area contributed by atoms with Crippen LogP contribution >= 0.6 is 11.5 Å². The summed E-state index contributed by atoms with van der Waals surface area (Å²) in [5, 5.41) is 4.23. The van der Waals surface area contributed by atoms with Crippen LogP contribution < -0.4 is 15.8 Å². The maximum absolute atomic E-state index is 5.77. The smallest absolute Gasteiger partial charge is 0.197 e. The molecular formula is C11H22N4OS. The quantitative estimate of drug-likeness (QED) is 0.782. The second-order valence-corrected chi connectivity index (χ2v) is 4.99. The average Bonchev–Trinajstić information content (AvgIpc) is 2.60. The first kappa shape index (κ1) is 14.1. The Morgan fingerprint density at radius 1 is 1.53 bits per heavy atom. The molecule has 1 rings (SSSR count). The summed E-state index contributed by atoms with van der Waals surface area (Å²) in [6, 6.07) is 0. The predicted molar refractivity (Wildman–Crippen MR) is 74.0 cm³/mol. The highest BCUT2D eigenvalue weighted by atomic mass is 32.1. The molecule has 0 aromatic carbocycles. The zero-order chi connectivity index (χ0) is 12.8. The Morgan fingerprint density at radius 2 is 2.24 bits per heavy atom. The Balaban J connectivity index is 2.53. The van der Waals surface area contributed by atoms with Gasteiger partial charge in [0.2, 0.25) is 0 Å². The molecule has 0 fully saturated rings. The van der Waals surface area contributed by atoms with Gasteiger partial charge >= 0.3 is 0 Å². The molecule has 0 saturated carbocycles. The molecule has 98 valence electrons. The Labute approximate surface area is 107 Å². The van der Waals surface area contributed by atoms with Crippen molar-refractivity contribution in [2.24, 2.45) is 0 Å². The molecule has 1 aromatic heterocycles. The van der Waals surface area contributed by atoms with Gasteiger partial charge in [-0.05, 0) is 39.0 Å². The minimum Gasteiger partial charge on any atom is -0.484 e. The van der Waals surface area contributed by atoms with Crippen molar-refractivity contribution in [2.75, 3.05) is 37.7 Å². The predicted octanol–water partition coefficient (Wildman–Crippen LogP) is 1.88. The summed E-state index contributed by atoms with van der Waals surface area (Å²) in [5.74, 6) is 1.15. The Kier molecular flexibility index (Phi) is 5.50. The summed E-state index contributed by atoms with van der Waals surface area (Å²) < 4.78 is 9.75. The summed E-state index contributed by atoms with van der Waals surface area (Å²) in [6.45, 7) is 8.98. The van der Waals surface area contributed by atoms with E-state index in [4.69, 9.17) is 10.5 Å². The van der Waals surface area contributed by atoms with Gasteiger partial charge in [-0.1, -0.05) is 6.92 Å². The molecule has 0 radical (unpaired) electrons. The van der Waals surface area contributed by atoms with Crippen molar-refractivity contribution in [1.82, 2.24) is 9.27 Å². The molecular weight excluding hydrogens is 236 g/mol. The normalized spacial score (nSPS) is 11.2. The summed E-state index contributed by atoms with van der Waals surface area (Å²) in [6.07, 6.45) is 0.104. The van der Waals surface area contributed by atoms with E-state index in [1.54, 1.807) is 0 Å². The average molecular weight is 258 g/mol. The third kappa shape index (κ3) is 4.40. The molecule has 1 aromatic rings. The highest BCUT2D eigenvalue weighted by molar-refractivity contribution is 7.11. The van der Waals surface area contributed by atoms with Crippen molar-refractivity contribution in [3.05, 3.63) is 0 Å². The third-order valence-electron chi connectivity index (χ3n) is 2.35. The molecule has 0 bridgehead atoms. The molecule has 0 unspecified atom stereocenters. The fraction of sp³-hybridized carbons (Fsp3) is 0.727. The van der Waals surface area contributed by atoms with Gasteiger partial charge in [-0.2, -0.15) is 4.37 Å². The van der Waals surface area contributed by atoms with Crippen molar-refractivity contribution >= 4 is 22.4 Å². The van der Waals surface area contributed by atoms with Gasteiger partial charge < -0.3 is 20.7 Å². The number of nitrogens with two attached hydrogens (primary N) is 1. The van der Waals surface area contributed by atoms with E-state index in [9.17, 15) is 0 Å². The maximum Gasteiger partial charge on any atom is 0.197 e. The molecule has 0 aliphatic rings. The zero-order valence-electron chi connectivity index (χ0n) is 11.0. The van der Waals surface area contributed by atoms with Gasteiger partial charge in [0, 0.05) is 13.1 Å². The number of nitrogen functional groups attached to an aromatic ring is 1. The summed E-state index contributed by atoms with van der Waals surface area (Å²) in [5.41, 5.74) is 5.77. The van der Waals surface area contributed by atoms with Gasteiger partial charge in [-0.3, -0.25) is 0 Å². The first-order valence-corrected chi connectivity index (χ1v) is 6.66. The van der Waals surface area contributed by atoms with Crippen molar-refractivity contribution in [1.29, 1.82) is 0 Å². The van der Waals surface area contributed by atoms with Gasteiger partial charge in [0.1, 0.15) is 0 Å². The standard InChI is InChI=1S/C11H22N4OS/c1-5-15(4)7-6-13-11-9(16-8(2)3)10(12)14-17-11/h8,13H,5-7H2,1-4H3,(H2,12,14). The fourth-order valence-corrected chi connectivity index (χ4v) is 1.95. The van der Waals surface area contributed by atoms with Crippen molar-refractivity contribution < 1.29 is 4.74 Å². The maximum atomic E-state index is 5.77. The van der Waals surface area contributed by atoms with Gasteiger partial charge in [-0.25, -0.2) is 0 Å². The van der Waals surface area contributed by atoms with Crippen LogP contribution in [0.1, 0.15) is 20.8 Å². The Bertz CT molecular complexity index is 340. The molecule has 0 amide bonds. The van der Waals surface area contributed by atoms with Crippen LogP contribution in [0.2, 0.25) is 0 Å². The van der Waals surface area contributed by atoms with Crippen LogP contribution in [-0.2, 0) is 0 Å². The zero-order valence-corrected chi connectivity index (χ0v) is 11.8. The molecule has 0 aliphatic carbocycles. The highest BCUT2D eigenvalue weighted by Crippen LogP contribution is 2.35. The van der Waals surface area contributed by atoms with E-state index in [0.717, 1.165) is 24.6 Å². The van der Waals surface area contributed by atoms with Crippen molar-refractivity contribution in [2.45, 2.75) is 26.9 Å². The molecule has 1 heterocycles. The summed E-state index contributed by atoms with van der Waals surface area (Å²) in [7, 11) is 2.09. The van der Waals surface area contributed by atoms with Crippen molar-refractivity contribution in [3.8, 4) is 5.75 Å².